The number of rotatable bonds is 9. The lowest BCUT2D eigenvalue weighted by atomic mass is 9.59. The van der Waals surface area contributed by atoms with E-state index in [0.29, 0.717) is 5.41 Å². The Morgan fingerprint density at radius 2 is 1.70 bits per heavy atom. The fraction of sp³-hybridized carbons (Fsp3) is 0.824. The first-order valence-corrected chi connectivity index (χ1v) is 8.19. The number of hydrogen-bond donors (Lipinski definition) is 0. The topological polar surface area (TPSA) is 3.24 Å². The molecule has 0 aromatic carbocycles. The van der Waals surface area contributed by atoms with Crippen molar-refractivity contribution >= 4 is 24.9 Å². The fourth-order valence-corrected chi connectivity index (χ4v) is 2.31. The van der Waals surface area contributed by atoms with Crippen molar-refractivity contribution in [1.29, 1.82) is 0 Å². The molecule has 0 heterocycles. The minimum atomic E-state index is -0.329. The van der Waals surface area contributed by atoms with Crippen molar-refractivity contribution in [2.24, 2.45) is 5.41 Å². The molecule has 0 N–H and O–H groups in total. The van der Waals surface area contributed by atoms with Gasteiger partial charge in [-0.25, -0.2) is 0 Å². The third-order valence-corrected chi connectivity index (χ3v) is 4.10. The van der Waals surface area contributed by atoms with Gasteiger partial charge in [-0.3, -0.25) is 0 Å². The molecule has 0 rings (SSSR count). The standard InChI is InChI=1S/C17H32BNS/c1-7-8-9-11-17(18,13-12-16(2,3)4)15(20)10-14-19(5)6/h10,14H,7-9,11-13H2,1-6H3/b14-10+. The molecule has 20 heavy (non-hydrogen) atoms. The van der Waals surface area contributed by atoms with Crippen molar-refractivity contribution in [2.75, 3.05) is 14.1 Å². The van der Waals surface area contributed by atoms with Gasteiger partial charge >= 0.3 is 0 Å². The van der Waals surface area contributed by atoms with Crippen LogP contribution in [-0.2, 0) is 0 Å². The molecule has 114 valence electrons. The van der Waals surface area contributed by atoms with Crippen LogP contribution in [0, 0.1) is 5.41 Å². The van der Waals surface area contributed by atoms with E-state index < -0.39 is 0 Å². The summed E-state index contributed by atoms with van der Waals surface area (Å²) in [5, 5.41) is -0.329. The lowest BCUT2D eigenvalue weighted by molar-refractivity contribution is 0.345. The van der Waals surface area contributed by atoms with Crippen molar-refractivity contribution < 1.29 is 0 Å². The Bertz CT molecular complexity index is 317. The van der Waals surface area contributed by atoms with Gasteiger partial charge < -0.3 is 4.90 Å². The zero-order valence-electron chi connectivity index (χ0n) is 14.3. The molecule has 0 aromatic heterocycles. The predicted octanol–water partition coefficient (Wildman–Crippen LogP) is 5.17. The summed E-state index contributed by atoms with van der Waals surface area (Å²) in [6.45, 7) is 9.01. The lowest BCUT2D eigenvalue weighted by Gasteiger charge is -2.33. The second-order valence-corrected chi connectivity index (χ2v) is 7.76. The van der Waals surface area contributed by atoms with Gasteiger partial charge in [-0.1, -0.05) is 72.0 Å². The maximum atomic E-state index is 6.66. The molecule has 0 aliphatic carbocycles. The smallest absolute Gasteiger partial charge is 0.0822 e. The van der Waals surface area contributed by atoms with Crippen molar-refractivity contribution in [1.82, 2.24) is 4.90 Å². The van der Waals surface area contributed by atoms with Gasteiger partial charge in [0.15, 0.2) is 0 Å². The third kappa shape index (κ3) is 8.78. The lowest BCUT2D eigenvalue weighted by Crippen LogP contribution is -2.24. The number of thiocarbonyl (C=S) groups is 1. The summed E-state index contributed by atoms with van der Waals surface area (Å²) in [5.74, 6) is 0. The maximum absolute atomic E-state index is 6.66. The monoisotopic (exact) mass is 293 g/mol. The van der Waals surface area contributed by atoms with E-state index in [0.717, 1.165) is 30.5 Å². The van der Waals surface area contributed by atoms with Gasteiger partial charge in [-0.2, -0.15) is 0 Å². The van der Waals surface area contributed by atoms with Crippen LogP contribution in [0.3, 0.4) is 0 Å². The molecule has 0 fully saturated rings. The molecule has 0 amide bonds. The molecule has 0 saturated heterocycles. The molecular formula is C17H32BNS. The van der Waals surface area contributed by atoms with Crippen molar-refractivity contribution in [2.45, 2.75) is 71.5 Å². The molecule has 0 saturated carbocycles. The van der Waals surface area contributed by atoms with Crippen LogP contribution in [0.1, 0.15) is 66.2 Å². The van der Waals surface area contributed by atoms with E-state index in [-0.39, 0.29) is 5.31 Å². The minimum absolute atomic E-state index is 0.302. The Kier molecular flexibility index (Phi) is 8.73. The fourth-order valence-electron chi connectivity index (χ4n) is 2.04. The number of nitrogens with zero attached hydrogens (tertiary/aromatic N) is 1. The molecule has 0 bridgehead atoms. The molecule has 2 radical (unpaired) electrons. The predicted molar refractivity (Wildman–Crippen MR) is 96.7 cm³/mol. The van der Waals surface area contributed by atoms with E-state index >= 15 is 0 Å². The first kappa shape index (κ1) is 19.7. The Labute approximate surface area is 133 Å². The largest absolute Gasteiger partial charge is 0.383 e. The van der Waals surface area contributed by atoms with E-state index in [1.807, 2.05) is 31.3 Å². The van der Waals surface area contributed by atoms with E-state index in [1.165, 1.54) is 12.8 Å². The van der Waals surface area contributed by atoms with Gasteiger partial charge in [0.1, 0.15) is 0 Å². The zero-order valence-corrected chi connectivity index (χ0v) is 15.1. The molecule has 0 aromatic rings. The molecule has 3 heteroatoms. The van der Waals surface area contributed by atoms with E-state index in [4.69, 9.17) is 20.1 Å². The maximum Gasteiger partial charge on any atom is 0.0822 e. The van der Waals surface area contributed by atoms with Crippen LogP contribution in [0.2, 0.25) is 5.31 Å². The summed E-state index contributed by atoms with van der Waals surface area (Å²) >= 11 is 5.61. The van der Waals surface area contributed by atoms with E-state index in [1.54, 1.807) is 0 Å². The summed E-state index contributed by atoms with van der Waals surface area (Å²) in [6.07, 6.45) is 10.7. The highest BCUT2D eigenvalue weighted by atomic mass is 32.1. The van der Waals surface area contributed by atoms with Gasteiger partial charge in [-0.15, -0.1) is 0 Å². The highest BCUT2D eigenvalue weighted by Gasteiger charge is 2.28. The van der Waals surface area contributed by atoms with Crippen LogP contribution in [0.5, 0.6) is 0 Å². The van der Waals surface area contributed by atoms with Gasteiger partial charge in [0, 0.05) is 19.0 Å². The van der Waals surface area contributed by atoms with Crippen LogP contribution in [0.15, 0.2) is 12.3 Å². The van der Waals surface area contributed by atoms with Gasteiger partial charge in [0.25, 0.3) is 0 Å². The van der Waals surface area contributed by atoms with Crippen LogP contribution < -0.4 is 0 Å². The average molecular weight is 293 g/mol. The molecule has 0 aliphatic rings. The molecule has 0 spiro atoms. The highest BCUT2D eigenvalue weighted by molar-refractivity contribution is 7.81. The molecular weight excluding hydrogens is 261 g/mol. The third-order valence-electron chi connectivity index (χ3n) is 3.56. The summed E-state index contributed by atoms with van der Waals surface area (Å²) in [6, 6.07) is 0. The average Bonchev–Trinajstić information content (AvgIpc) is 2.33. The summed E-state index contributed by atoms with van der Waals surface area (Å²) < 4.78 is 0. The van der Waals surface area contributed by atoms with E-state index in [2.05, 4.69) is 27.7 Å². The first-order valence-electron chi connectivity index (χ1n) is 7.79. The zero-order chi connectivity index (χ0) is 15.8. The highest BCUT2D eigenvalue weighted by Crippen LogP contribution is 2.40. The summed E-state index contributed by atoms with van der Waals surface area (Å²) in [7, 11) is 10.7. The van der Waals surface area contributed by atoms with Crippen molar-refractivity contribution in [3.8, 4) is 0 Å². The SMILES string of the molecule is [B]C(CCCCC)(CCC(C)(C)C)C(=S)/C=C/N(C)C. The number of hydrogen-bond acceptors (Lipinski definition) is 2. The van der Waals surface area contributed by atoms with Gasteiger partial charge in [-0.05, 0) is 29.4 Å². The number of allylic oxidation sites excluding steroid dienone is 1. The normalized spacial score (nSPS) is 15.3. The molecule has 1 nitrogen and oxygen atoms in total. The molecule has 1 atom stereocenters. The van der Waals surface area contributed by atoms with Crippen LogP contribution in [0.25, 0.3) is 0 Å². The van der Waals surface area contributed by atoms with Crippen LogP contribution >= 0.6 is 12.2 Å². The quantitative estimate of drug-likeness (QED) is 0.250. The van der Waals surface area contributed by atoms with Gasteiger partial charge in [0.2, 0.25) is 0 Å². The summed E-state index contributed by atoms with van der Waals surface area (Å²) in [5.41, 5.74) is 0.302. The number of unbranched alkanes of at least 4 members (excludes halogenated alkanes) is 2. The van der Waals surface area contributed by atoms with Gasteiger partial charge in [0.05, 0.1) is 7.85 Å². The Morgan fingerprint density at radius 1 is 1.10 bits per heavy atom. The van der Waals surface area contributed by atoms with E-state index in [9.17, 15) is 0 Å². The minimum Gasteiger partial charge on any atom is -0.383 e. The Hall–Kier alpha value is -0.305. The summed E-state index contributed by atoms with van der Waals surface area (Å²) in [4.78, 5) is 2.90. The van der Waals surface area contributed by atoms with Crippen molar-refractivity contribution in [3.05, 3.63) is 12.3 Å². The molecule has 1 unspecified atom stereocenters. The van der Waals surface area contributed by atoms with Crippen LogP contribution in [0.4, 0.5) is 0 Å². The van der Waals surface area contributed by atoms with Crippen molar-refractivity contribution in [3.63, 3.8) is 0 Å². The Morgan fingerprint density at radius 3 is 2.15 bits per heavy atom. The first-order chi connectivity index (χ1) is 9.10. The second kappa shape index (κ2) is 8.87. The molecule has 0 aliphatic heterocycles. The second-order valence-electron chi connectivity index (χ2n) is 7.32. The van der Waals surface area contributed by atoms with Crippen LogP contribution in [-0.4, -0.2) is 31.7 Å². The Balaban J connectivity index is 4.79.